The maximum absolute atomic E-state index is 13.8. The molecule has 0 saturated carbocycles. The van der Waals surface area contributed by atoms with E-state index in [4.69, 9.17) is 4.74 Å². The summed E-state index contributed by atoms with van der Waals surface area (Å²) >= 11 is 0. The number of halogens is 2. The third-order valence-corrected chi connectivity index (χ3v) is 6.76. The molecule has 2 unspecified atom stereocenters. The van der Waals surface area contributed by atoms with E-state index in [1.54, 1.807) is 29.2 Å². The smallest absolute Gasteiger partial charge is 0.308 e. The average Bonchev–Trinajstić information content (AvgIpc) is 2.87. The molecule has 9 heteroatoms. The van der Waals surface area contributed by atoms with Crippen molar-refractivity contribution in [1.82, 2.24) is 4.90 Å². The number of rotatable bonds is 8. The number of anilines is 1. The number of hydrogen-bond acceptors (Lipinski definition) is 5. The molecule has 0 radical (unpaired) electrons. The molecule has 0 bridgehead atoms. The molecule has 0 spiro atoms. The number of hydrogen-bond donors (Lipinski definition) is 1. The number of benzene rings is 2. The number of likely N-dealkylation sites (tertiary alicyclic amines) is 1. The summed E-state index contributed by atoms with van der Waals surface area (Å²) in [6.45, 7) is 1.84. The highest BCUT2D eigenvalue weighted by Gasteiger charge is 2.34. The van der Waals surface area contributed by atoms with Gasteiger partial charge in [-0.2, -0.15) is 5.26 Å². The van der Waals surface area contributed by atoms with Gasteiger partial charge in [0, 0.05) is 25.2 Å². The van der Waals surface area contributed by atoms with Gasteiger partial charge in [-0.1, -0.05) is 12.2 Å². The van der Waals surface area contributed by atoms with Gasteiger partial charge in [-0.3, -0.25) is 14.5 Å². The van der Waals surface area contributed by atoms with E-state index in [2.05, 4.69) is 6.07 Å². The summed E-state index contributed by atoms with van der Waals surface area (Å²) < 4.78 is 32.6. The molecule has 1 N–H and O–H groups in total. The van der Waals surface area contributed by atoms with Gasteiger partial charge in [0.2, 0.25) is 0 Å². The van der Waals surface area contributed by atoms with Crippen LogP contribution in [-0.2, 0) is 9.59 Å². The van der Waals surface area contributed by atoms with Crippen LogP contribution in [0.5, 0.6) is 5.75 Å². The Labute approximate surface area is 208 Å². The van der Waals surface area contributed by atoms with Gasteiger partial charge in [-0.25, -0.2) is 8.78 Å². The number of carbonyl (C=O) groups is 2. The Kier molecular flexibility index (Phi) is 7.96. The molecule has 1 fully saturated rings. The second-order valence-electron chi connectivity index (χ2n) is 9.09. The molecule has 2 aromatic rings. The van der Waals surface area contributed by atoms with E-state index in [1.807, 2.05) is 4.90 Å². The number of piperidine rings is 1. The molecule has 7 nitrogen and oxygen atoms in total. The standard InChI is InChI=1S/C27H27F2N3O4/c28-21-6-7-23(29)20(14-21)4-1-10-31-12-9-19(22(16-31)27(34)35)3-2-11-32-24-13-18(15-30)5-8-25(24)36-17-26(32)33/h1,4-8,13-14,19,22H,2-3,9-12,16-17H2,(H,34,35)/b4-1+. The van der Waals surface area contributed by atoms with Crippen molar-refractivity contribution in [3.63, 3.8) is 0 Å². The van der Waals surface area contributed by atoms with Crippen LogP contribution in [0, 0.1) is 34.8 Å². The summed E-state index contributed by atoms with van der Waals surface area (Å²) in [4.78, 5) is 28.1. The Morgan fingerprint density at radius 3 is 2.86 bits per heavy atom. The third kappa shape index (κ3) is 5.89. The predicted octanol–water partition coefficient (Wildman–Crippen LogP) is 4.08. The van der Waals surface area contributed by atoms with Crippen LogP contribution in [0.15, 0.2) is 42.5 Å². The number of fused-ring (bicyclic) bond motifs is 1. The fraction of sp³-hybridized carbons (Fsp3) is 0.370. The molecular formula is C27H27F2N3O4. The van der Waals surface area contributed by atoms with E-state index in [-0.39, 0.29) is 24.0 Å². The van der Waals surface area contributed by atoms with E-state index >= 15 is 0 Å². The van der Waals surface area contributed by atoms with Gasteiger partial charge < -0.3 is 14.7 Å². The van der Waals surface area contributed by atoms with Gasteiger partial charge in [0.25, 0.3) is 5.91 Å². The number of nitriles is 1. The van der Waals surface area contributed by atoms with Crippen molar-refractivity contribution in [2.45, 2.75) is 19.3 Å². The topological polar surface area (TPSA) is 93.9 Å². The SMILES string of the molecule is N#Cc1ccc2c(c1)N(CCCC1CCN(C/C=C/c3cc(F)ccc3F)CC1C(=O)O)C(=O)CO2. The first-order valence-electron chi connectivity index (χ1n) is 11.9. The van der Waals surface area contributed by atoms with Crippen LogP contribution in [0.1, 0.15) is 30.4 Å². The minimum absolute atomic E-state index is 0.0375. The molecule has 4 rings (SSSR count). The van der Waals surface area contributed by atoms with E-state index in [0.717, 1.165) is 18.2 Å². The molecule has 2 aliphatic heterocycles. The Morgan fingerprint density at radius 2 is 2.08 bits per heavy atom. The summed E-state index contributed by atoms with van der Waals surface area (Å²) in [5.74, 6) is -2.13. The van der Waals surface area contributed by atoms with E-state index in [0.29, 0.717) is 62.4 Å². The first kappa shape index (κ1) is 25.3. The molecule has 0 aromatic heterocycles. The van der Waals surface area contributed by atoms with Crippen molar-refractivity contribution in [3.05, 3.63) is 65.2 Å². The highest BCUT2D eigenvalue weighted by molar-refractivity contribution is 5.98. The van der Waals surface area contributed by atoms with Gasteiger partial charge in [0.05, 0.1) is 23.2 Å². The zero-order chi connectivity index (χ0) is 25.7. The van der Waals surface area contributed by atoms with Crippen LogP contribution < -0.4 is 9.64 Å². The van der Waals surface area contributed by atoms with Crippen molar-refractivity contribution in [3.8, 4) is 11.8 Å². The first-order chi connectivity index (χ1) is 17.4. The lowest BCUT2D eigenvalue weighted by molar-refractivity contribution is -0.146. The molecule has 2 aliphatic rings. The lowest BCUT2D eigenvalue weighted by atomic mass is 9.82. The van der Waals surface area contributed by atoms with Crippen molar-refractivity contribution in [1.29, 1.82) is 5.26 Å². The van der Waals surface area contributed by atoms with Gasteiger partial charge in [0.1, 0.15) is 17.4 Å². The molecule has 2 atom stereocenters. The molecule has 2 heterocycles. The molecule has 1 amide bonds. The highest BCUT2D eigenvalue weighted by atomic mass is 19.1. The molecule has 1 saturated heterocycles. The summed E-state index contributed by atoms with van der Waals surface area (Å²) in [6, 6.07) is 10.3. The van der Waals surface area contributed by atoms with Crippen LogP contribution >= 0.6 is 0 Å². The van der Waals surface area contributed by atoms with Crippen LogP contribution in [0.25, 0.3) is 6.08 Å². The number of nitrogens with zero attached hydrogens (tertiary/aromatic N) is 3. The van der Waals surface area contributed by atoms with E-state index in [1.165, 1.54) is 6.08 Å². The molecule has 36 heavy (non-hydrogen) atoms. The number of carboxylic acids is 1. The number of carbonyl (C=O) groups excluding carboxylic acids is 1. The van der Waals surface area contributed by atoms with Crippen molar-refractivity contribution < 1.29 is 28.2 Å². The number of aliphatic carboxylic acids is 1. The first-order valence-corrected chi connectivity index (χ1v) is 11.9. The Morgan fingerprint density at radius 1 is 1.25 bits per heavy atom. The fourth-order valence-corrected chi connectivity index (χ4v) is 4.86. The maximum atomic E-state index is 13.8. The number of amides is 1. The molecule has 0 aliphatic carbocycles. The van der Waals surface area contributed by atoms with Crippen LogP contribution in [-0.4, -0.2) is 54.7 Å². The molecular weight excluding hydrogens is 468 g/mol. The fourth-order valence-electron chi connectivity index (χ4n) is 4.86. The van der Waals surface area contributed by atoms with Gasteiger partial charge in [0.15, 0.2) is 6.61 Å². The molecule has 188 valence electrons. The Bertz CT molecular complexity index is 1210. The zero-order valence-corrected chi connectivity index (χ0v) is 19.7. The van der Waals surface area contributed by atoms with Gasteiger partial charge in [-0.05, 0) is 68.1 Å². The summed E-state index contributed by atoms with van der Waals surface area (Å²) in [5.41, 5.74) is 1.15. The third-order valence-electron chi connectivity index (χ3n) is 6.76. The largest absolute Gasteiger partial charge is 0.482 e. The van der Waals surface area contributed by atoms with Crippen LogP contribution in [0.2, 0.25) is 0 Å². The van der Waals surface area contributed by atoms with Gasteiger partial charge >= 0.3 is 5.97 Å². The normalized spacial score (nSPS) is 20.1. The number of ether oxygens (including phenoxy) is 1. The minimum Gasteiger partial charge on any atom is -0.482 e. The molecule has 2 aromatic carbocycles. The highest BCUT2D eigenvalue weighted by Crippen LogP contribution is 2.34. The lowest BCUT2D eigenvalue weighted by Crippen LogP contribution is -2.44. The van der Waals surface area contributed by atoms with Gasteiger partial charge in [-0.15, -0.1) is 0 Å². The zero-order valence-electron chi connectivity index (χ0n) is 19.7. The van der Waals surface area contributed by atoms with Crippen molar-refractivity contribution >= 4 is 23.6 Å². The second kappa shape index (κ2) is 11.3. The minimum atomic E-state index is -0.865. The second-order valence-corrected chi connectivity index (χ2v) is 9.09. The average molecular weight is 496 g/mol. The summed E-state index contributed by atoms with van der Waals surface area (Å²) in [5, 5.41) is 19.0. The predicted molar refractivity (Wildman–Crippen MR) is 129 cm³/mol. The van der Waals surface area contributed by atoms with Crippen molar-refractivity contribution in [2.24, 2.45) is 11.8 Å². The summed E-state index contributed by atoms with van der Waals surface area (Å²) in [6.07, 6.45) is 5.18. The van der Waals surface area contributed by atoms with Crippen LogP contribution in [0.3, 0.4) is 0 Å². The van der Waals surface area contributed by atoms with E-state index in [9.17, 15) is 28.7 Å². The van der Waals surface area contributed by atoms with Crippen LogP contribution in [0.4, 0.5) is 14.5 Å². The number of carboxylic acid groups (broad SMARTS) is 1. The monoisotopic (exact) mass is 495 g/mol. The summed E-state index contributed by atoms with van der Waals surface area (Å²) in [7, 11) is 0. The van der Waals surface area contributed by atoms with Crippen molar-refractivity contribution in [2.75, 3.05) is 37.7 Å². The Hall–Kier alpha value is -3.77. The lowest BCUT2D eigenvalue weighted by Gasteiger charge is -2.36. The quantitative estimate of drug-likeness (QED) is 0.593. The van der Waals surface area contributed by atoms with E-state index < -0.39 is 23.5 Å². The Balaban J connectivity index is 1.33. The maximum Gasteiger partial charge on any atom is 0.308 e.